The lowest BCUT2D eigenvalue weighted by atomic mass is 10.1. The molecule has 0 fully saturated rings. The van der Waals surface area contributed by atoms with E-state index in [-0.39, 0.29) is 24.0 Å². The van der Waals surface area contributed by atoms with Gasteiger partial charge in [0.2, 0.25) is 0 Å². The second-order valence-electron chi connectivity index (χ2n) is 5.85. The fourth-order valence-corrected chi connectivity index (χ4v) is 2.20. The van der Waals surface area contributed by atoms with Crippen molar-refractivity contribution >= 4 is 5.91 Å². The van der Waals surface area contributed by atoms with Gasteiger partial charge >= 0.3 is 6.18 Å². The van der Waals surface area contributed by atoms with Gasteiger partial charge in [-0.25, -0.2) is 0 Å². The number of benzene rings is 1. The third kappa shape index (κ3) is 5.20. The summed E-state index contributed by atoms with van der Waals surface area (Å²) in [7, 11) is 0. The van der Waals surface area contributed by atoms with Crippen molar-refractivity contribution in [2.75, 3.05) is 0 Å². The molecule has 1 heterocycles. The van der Waals surface area contributed by atoms with E-state index in [4.69, 9.17) is 4.74 Å². The first-order chi connectivity index (χ1) is 11.7. The van der Waals surface area contributed by atoms with Crippen molar-refractivity contribution in [3.63, 3.8) is 0 Å². The number of ether oxygens (including phenoxy) is 1. The second kappa shape index (κ2) is 7.55. The number of aryl methyl sites for hydroxylation is 1. The van der Waals surface area contributed by atoms with Gasteiger partial charge in [-0.15, -0.1) is 0 Å². The largest absolute Gasteiger partial charge is 0.491 e. The van der Waals surface area contributed by atoms with E-state index in [1.807, 2.05) is 0 Å². The van der Waals surface area contributed by atoms with Crippen molar-refractivity contribution in [1.82, 2.24) is 10.3 Å². The molecule has 0 aliphatic carbocycles. The Morgan fingerprint density at radius 3 is 2.52 bits per heavy atom. The van der Waals surface area contributed by atoms with E-state index >= 15 is 0 Å². The van der Waals surface area contributed by atoms with Gasteiger partial charge in [0.15, 0.2) is 0 Å². The van der Waals surface area contributed by atoms with Crippen LogP contribution < -0.4 is 10.1 Å². The van der Waals surface area contributed by atoms with E-state index in [0.29, 0.717) is 5.56 Å². The van der Waals surface area contributed by atoms with E-state index < -0.39 is 17.6 Å². The van der Waals surface area contributed by atoms with Crippen molar-refractivity contribution in [3.8, 4) is 5.75 Å². The first-order valence-electron chi connectivity index (χ1n) is 7.74. The minimum atomic E-state index is -4.54. The molecule has 0 unspecified atom stereocenters. The number of nitrogens with zero attached hydrogens (tertiary/aromatic N) is 1. The van der Waals surface area contributed by atoms with Gasteiger partial charge in [-0.2, -0.15) is 13.2 Å². The first kappa shape index (κ1) is 18.8. The van der Waals surface area contributed by atoms with Crippen LogP contribution in [0.1, 0.15) is 41.0 Å². The Labute approximate surface area is 144 Å². The molecule has 0 saturated carbocycles. The Morgan fingerprint density at radius 2 is 1.96 bits per heavy atom. The third-order valence-electron chi connectivity index (χ3n) is 3.37. The van der Waals surface area contributed by atoms with Gasteiger partial charge in [-0.3, -0.25) is 9.78 Å². The molecular formula is C18H19F3N2O2. The summed E-state index contributed by atoms with van der Waals surface area (Å²) in [6.07, 6.45) is -3.39. The van der Waals surface area contributed by atoms with Crippen LogP contribution in [0.15, 0.2) is 36.5 Å². The first-order valence-corrected chi connectivity index (χ1v) is 7.74. The summed E-state index contributed by atoms with van der Waals surface area (Å²) >= 11 is 0. The van der Waals surface area contributed by atoms with Crippen molar-refractivity contribution in [1.29, 1.82) is 0 Å². The Hall–Kier alpha value is -2.57. The van der Waals surface area contributed by atoms with Gasteiger partial charge in [-0.1, -0.05) is 6.07 Å². The highest BCUT2D eigenvalue weighted by Crippen LogP contribution is 2.34. The molecule has 1 aromatic heterocycles. The quantitative estimate of drug-likeness (QED) is 0.880. The zero-order valence-corrected chi connectivity index (χ0v) is 14.1. The molecule has 1 aromatic carbocycles. The molecule has 0 saturated heterocycles. The lowest BCUT2D eigenvalue weighted by molar-refractivity contribution is -0.138. The second-order valence-corrected chi connectivity index (χ2v) is 5.85. The van der Waals surface area contributed by atoms with Gasteiger partial charge in [0.05, 0.1) is 17.2 Å². The normalized spacial score (nSPS) is 11.5. The molecule has 7 heteroatoms. The molecule has 2 aromatic rings. The van der Waals surface area contributed by atoms with Crippen LogP contribution in [0, 0.1) is 6.92 Å². The van der Waals surface area contributed by atoms with E-state index in [2.05, 4.69) is 10.3 Å². The maximum absolute atomic E-state index is 13.3. The van der Waals surface area contributed by atoms with Gasteiger partial charge in [0.25, 0.3) is 5.91 Å². The van der Waals surface area contributed by atoms with E-state index in [1.54, 1.807) is 32.9 Å². The van der Waals surface area contributed by atoms with Crippen molar-refractivity contribution in [2.45, 2.75) is 39.6 Å². The third-order valence-corrected chi connectivity index (χ3v) is 3.37. The van der Waals surface area contributed by atoms with Gasteiger partial charge in [0, 0.05) is 18.4 Å². The molecule has 0 radical (unpaired) electrons. The fraction of sp³-hybridized carbons (Fsp3) is 0.333. The predicted octanol–water partition coefficient (Wildman–Crippen LogP) is 4.13. The molecule has 4 nitrogen and oxygen atoms in total. The van der Waals surface area contributed by atoms with Gasteiger partial charge in [-0.05, 0) is 50.6 Å². The fourth-order valence-electron chi connectivity index (χ4n) is 2.20. The predicted molar refractivity (Wildman–Crippen MR) is 87.4 cm³/mol. The number of rotatable bonds is 5. The summed E-state index contributed by atoms with van der Waals surface area (Å²) in [5, 5.41) is 2.49. The van der Waals surface area contributed by atoms with Crippen molar-refractivity contribution < 1.29 is 22.7 Å². The molecule has 2 rings (SSSR count). The molecule has 1 amide bonds. The molecule has 0 aliphatic rings. The SMILES string of the molecule is Cc1ccc(C(=O)NCc2ccc(OC(C)C)cc2C(F)(F)F)cn1. The number of carbonyl (C=O) groups excluding carboxylic acids is 1. The minimum absolute atomic E-state index is 0.0305. The molecule has 0 bridgehead atoms. The van der Waals surface area contributed by atoms with Gasteiger partial charge in [0.1, 0.15) is 5.75 Å². The van der Waals surface area contributed by atoms with Gasteiger partial charge < -0.3 is 10.1 Å². The van der Waals surface area contributed by atoms with Crippen LogP contribution in [0.5, 0.6) is 5.75 Å². The molecule has 1 N–H and O–H groups in total. The topological polar surface area (TPSA) is 51.2 Å². The summed E-state index contributed by atoms with van der Waals surface area (Å²) in [4.78, 5) is 16.0. The smallest absolute Gasteiger partial charge is 0.416 e. The molecule has 0 aliphatic heterocycles. The van der Waals surface area contributed by atoms with Crippen LogP contribution in [0.25, 0.3) is 0 Å². The average molecular weight is 352 g/mol. The van der Waals surface area contributed by atoms with Crippen LogP contribution in [0.4, 0.5) is 13.2 Å². The Balaban J connectivity index is 2.17. The lowest BCUT2D eigenvalue weighted by Crippen LogP contribution is -2.24. The summed E-state index contributed by atoms with van der Waals surface area (Å²) in [6, 6.07) is 6.96. The number of hydrogen-bond acceptors (Lipinski definition) is 3. The van der Waals surface area contributed by atoms with Crippen molar-refractivity contribution in [2.24, 2.45) is 0 Å². The van der Waals surface area contributed by atoms with E-state index in [0.717, 1.165) is 11.8 Å². The maximum Gasteiger partial charge on any atom is 0.416 e. The number of nitrogens with one attached hydrogen (secondary N) is 1. The number of hydrogen-bond donors (Lipinski definition) is 1. The number of halogens is 3. The van der Waals surface area contributed by atoms with Crippen molar-refractivity contribution in [3.05, 3.63) is 58.9 Å². The zero-order valence-electron chi connectivity index (χ0n) is 14.1. The monoisotopic (exact) mass is 352 g/mol. The minimum Gasteiger partial charge on any atom is -0.491 e. The molecular weight excluding hydrogens is 333 g/mol. The molecule has 134 valence electrons. The number of aromatic nitrogens is 1. The number of alkyl halides is 3. The van der Waals surface area contributed by atoms with Crippen LogP contribution >= 0.6 is 0 Å². The van der Waals surface area contributed by atoms with Crippen LogP contribution in [-0.2, 0) is 12.7 Å². The van der Waals surface area contributed by atoms with E-state index in [9.17, 15) is 18.0 Å². The maximum atomic E-state index is 13.3. The highest BCUT2D eigenvalue weighted by molar-refractivity contribution is 5.93. The molecule has 25 heavy (non-hydrogen) atoms. The van der Waals surface area contributed by atoms with E-state index in [1.165, 1.54) is 18.3 Å². The number of carbonyl (C=O) groups is 1. The van der Waals surface area contributed by atoms with Crippen LogP contribution in [-0.4, -0.2) is 17.0 Å². The average Bonchev–Trinajstić information content (AvgIpc) is 2.52. The summed E-state index contributed by atoms with van der Waals surface area (Å²) in [5.41, 5.74) is 0.181. The Morgan fingerprint density at radius 1 is 1.24 bits per heavy atom. The lowest BCUT2D eigenvalue weighted by Gasteiger charge is -2.17. The molecule has 0 atom stereocenters. The Kier molecular flexibility index (Phi) is 5.66. The highest BCUT2D eigenvalue weighted by atomic mass is 19.4. The summed E-state index contributed by atoms with van der Waals surface area (Å²) < 4.78 is 45.2. The summed E-state index contributed by atoms with van der Waals surface area (Å²) in [5.74, 6) is -0.344. The number of pyridine rings is 1. The number of amides is 1. The van der Waals surface area contributed by atoms with Crippen LogP contribution in [0.3, 0.4) is 0 Å². The van der Waals surface area contributed by atoms with Crippen LogP contribution in [0.2, 0.25) is 0 Å². The summed E-state index contributed by atoms with van der Waals surface area (Å²) in [6.45, 7) is 5.00. The highest BCUT2D eigenvalue weighted by Gasteiger charge is 2.34. The zero-order chi connectivity index (χ0) is 18.6. The standard InChI is InChI=1S/C18H19F3N2O2/c1-11(2)25-15-7-6-13(16(8-15)18(19,20)21)9-23-17(24)14-5-4-12(3)22-10-14/h4-8,10-11H,9H2,1-3H3,(H,23,24). The molecule has 0 spiro atoms. The Bertz CT molecular complexity index is 741.